The van der Waals surface area contributed by atoms with E-state index in [2.05, 4.69) is 4.90 Å². The Labute approximate surface area is 160 Å². The molecular weight excluding hydrogens is 342 g/mol. The standard InChI is InChI=1S/C22H29NO4/c1-26-20-17(25)6-5-15-11-18-22(27-2)8-7-16(24)12-21(22,19(15)20)9-10-23(18)13-14-3-4-14/h5-6,14,18,25H,3-4,7-13H2,1-2H3/t18-,21+,22+/m0/s1. The number of phenolic OH excluding ortho intramolecular Hbond substituents is 1. The van der Waals surface area contributed by atoms with Gasteiger partial charge in [0.05, 0.1) is 12.7 Å². The Morgan fingerprint density at radius 1 is 1.26 bits per heavy atom. The summed E-state index contributed by atoms with van der Waals surface area (Å²) in [5.41, 5.74) is 1.45. The quantitative estimate of drug-likeness (QED) is 0.882. The SMILES string of the molecule is COc1c(O)ccc2c1[C@]13CCN(CC4CC4)[C@@H](C2)[C@]1(OC)CCC(=O)C3. The first kappa shape index (κ1) is 17.5. The number of likely N-dealkylation sites (tertiary alicyclic amines) is 1. The van der Waals surface area contributed by atoms with Crippen LogP contribution in [0.3, 0.4) is 0 Å². The van der Waals surface area contributed by atoms with E-state index in [1.807, 2.05) is 13.2 Å². The average molecular weight is 371 g/mol. The lowest BCUT2D eigenvalue weighted by Gasteiger charge is -2.65. The lowest BCUT2D eigenvalue weighted by molar-refractivity contribution is -0.188. The summed E-state index contributed by atoms with van der Waals surface area (Å²) in [6.07, 6.45) is 6.27. The summed E-state index contributed by atoms with van der Waals surface area (Å²) >= 11 is 0. The van der Waals surface area contributed by atoms with Crippen molar-refractivity contribution in [3.05, 3.63) is 23.3 Å². The summed E-state index contributed by atoms with van der Waals surface area (Å²) < 4.78 is 12.1. The fourth-order valence-corrected chi connectivity index (χ4v) is 6.43. The fraction of sp³-hybridized carbons (Fsp3) is 0.682. The summed E-state index contributed by atoms with van der Waals surface area (Å²) in [4.78, 5) is 15.3. The number of rotatable bonds is 4. The molecule has 1 heterocycles. The number of hydrogen-bond donors (Lipinski definition) is 1. The van der Waals surface area contributed by atoms with E-state index in [-0.39, 0.29) is 17.4 Å². The van der Waals surface area contributed by atoms with Crippen molar-refractivity contribution >= 4 is 5.78 Å². The first-order chi connectivity index (χ1) is 13.0. The van der Waals surface area contributed by atoms with Crippen molar-refractivity contribution in [2.75, 3.05) is 27.3 Å². The van der Waals surface area contributed by atoms with Gasteiger partial charge in [0.15, 0.2) is 11.5 Å². The third kappa shape index (κ3) is 2.27. The third-order valence-electron chi connectivity index (χ3n) is 7.76. The van der Waals surface area contributed by atoms with Crippen molar-refractivity contribution in [1.82, 2.24) is 4.90 Å². The minimum absolute atomic E-state index is 0.160. The molecule has 2 bridgehead atoms. The number of methoxy groups -OCH3 is 2. The number of hydrogen-bond acceptors (Lipinski definition) is 5. The molecule has 5 heteroatoms. The lowest BCUT2D eigenvalue weighted by atomic mass is 9.49. The number of carbonyl (C=O) groups is 1. The Kier molecular flexibility index (Phi) is 3.86. The highest BCUT2D eigenvalue weighted by Gasteiger charge is 2.67. The summed E-state index contributed by atoms with van der Waals surface area (Å²) in [6.45, 7) is 2.13. The fourth-order valence-electron chi connectivity index (χ4n) is 6.43. The van der Waals surface area contributed by atoms with Crippen LogP contribution in [0, 0.1) is 5.92 Å². The van der Waals surface area contributed by atoms with E-state index in [9.17, 15) is 9.90 Å². The molecule has 0 spiro atoms. The molecule has 27 heavy (non-hydrogen) atoms. The second-order valence-electron chi connectivity index (χ2n) is 8.95. The van der Waals surface area contributed by atoms with E-state index >= 15 is 0 Å². The van der Waals surface area contributed by atoms with Gasteiger partial charge in [-0.15, -0.1) is 0 Å². The summed E-state index contributed by atoms with van der Waals surface area (Å²) in [6, 6.07) is 4.05. The van der Waals surface area contributed by atoms with Gasteiger partial charge in [0, 0.05) is 43.5 Å². The van der Waals surface area contributed by atoms with Crippen molar-refractivity contribution in [1.29, 1.82) is 0 Å². The predicted octanol–water partition coefficient (Wildman–Crippen LogP) is 2.82. The maximum atomic E-state index is 12.7. The first-order valence-corrected chi connectivity index (χ1v) is 10.2. The van der Waals surface area contributed by atoms with Gasteiger partial charge in [-0.05, 0) is 56.2 Å². The molecule has 1 N–H and O–H groups in total. The van der Waals surface area contributed by atoms with Gasteiger partial charge in [-0.25, -0.2) is 0 Å². The second-order valence-corrected chi connectivity index (χ2v) is 8.95. The Hall–Kier alpha value is -1.59. The molecule has 5 rings (SSSR count). The number of carbonyl (C=O) groups excluding carboxylic acids is 1. The number of aromatic hydroxyl groups is 1. The van der Waals surface area contributed by atoms with Crippen LogP contribution in [-0.4, -0.2) is 54.7 Å². The van der Waals surface area contributed by atoms with Crippen LogP contribution in [0.4, 0.5) is 0 Å². The molecule has 3 atom stereocenters. The Morgan fingerprint density at radius 3 is 2.78 bits per heavy atom. The highest BCUT2D eigenvalue weighted by atomic mass is 16.5. The van der Waals surface area contributed by atoms with Gasteiger partial charge in [-0.2, -0.15) is 0 Å². The number of ether oxygens (including phenoxy) is 2. The Balaban J connectivity index is 1.72. The molecule has 0 aromatic heterocycles. The molecule has 1 aromatic rings. The second kappa shape index (κ2) is 5.95. The van der Waals surface area contributed by atoms with Crippen molar-refractivity contribution < 1.29 is 19.4 Å². The zero-order valence-corrected chi connectivity index (χ0v) is 16.3. The Bertz CT molecular complexity index is 789. The molecule has 2 saturated carbocycles. The van der Waals surface area contributed by atoms with Crippen LogP contribution in [0.5, 0.6) is 11.5 Å². The molecule has 3 aliphatic carbocycles. The normalized spacial score (nSPS) is 35.5. The highest BCUT2D eigenvalue weighted by molar-refractivity contribution is 5.83. The molecule has 1 aromatic carbocycles. The monoisotopic (exact) mass is 371 g/mol. The van der Waals surface area contributed by atoms with E-state index in [0.717, 1.165) is 43.8 Å². The summed E-state index contributed by atoms with van der Waals surface area (Å²) in [5.74, 6) is 1.83. The smallest absolute Gasteiger partial charge is 0.164 e. The first-order valence-electron chi connectivity index (χ1n) is 10.2. The van der Waals surface area contributed by atoms with E-state index in [1.54, 1.807) is 13.2 Å². The van der Waals surface area contributed by atoms with E-state index in [1.165, 1.54) is 18.4 Å². The van der Waals surface area contributed by atoms with Gasteiger partial charge in [-0.3, -0.25) is 9.69 Å². The molecular formula is C22H29NO4. The van der Waals surface area contributed by atoms with Crippen LogP contribution in [0.25, 0.3) is 0 Å². The largest absolute Gasteiger partial charge is 0.504 e. The van der Waals surface area contributed by atoms with Crippen LogP contribution in [0.1, 0.15) is 49.7 Å². The minimum Gasteiger partial charge on any atom is -0.504 e. The van der Waals surface area contributed by atoms with Gasteiger partial charge in [-0.1, -0.05) is 6.07 Å². The molecule has 146 valence electrons. The minimum atomic E-state index is -0.403. The number of phenols is 1. The summed E-state index contributed by atoms with van der Waals surface area (Å²) in [5, 5.41) is 10.5. The molecule has 0 radical (unpaired) electrons. The van der Waals surface area contributed by atoms with Crippen LogP contribution in [0.2, 0.25) is 0 Å². The molecule has 1 saturated heterocycles. The number of ketones is 1. The average Bonchev–Trinajstić information content (AvgIpc) is 3.48. The van der Waals surface area contributed by atoms with Crippen LogP contribution in [-0.2, 0) is 21.4 Å². The zero-order valence-electron chi connectivity index (χ0n) is 16.3. The van der Waals surface area contributed by atoms with Crippen LogP contribution >= 0.6 is 0 Å². The molecule has 0 unspecified atom stereocenters. The van der Waals surface area contributed by atoms with Gasteiger partial charge in [0.25, 0.3) is 0 Å². The number of Topliss-reactive ketones (excluding diaryl/α,β-unsaturated/α-hetero) is 1. The van der Waals surface area contributed by atoms with E-state index in [4.69, 9.17) is 9.47 Å². The number of fused-ring (bicyclic) bond motifs is 1. The third-order valence-corrected chi connectivity index (χ3v) is 7.76. The van der Waals surface area contributed by atoms with Gasteiger partial charge >= 0.3 is 0 Å². The Morgan fingerprint density at radius 2 is 2.07 bits per heavy atom. The van der Waals surface area contributed by atoms with Gasteiger partial charge in [0.2, 0.25) is 0 Å². The highest BCUT2D eigenvalue weighted by Crippen LogP contribution is 2.62. The molecule has 0 amide bonds. The molecule has 1 aliphatic heterocycles. The van der Waals surface area contributed by atoms with Crippen molar-refractivity contribution in [2.45, 2.75) is 62.0 Å². The molecule has 5 nitrogen and oxygen atoms in total. The lowest BCUT2D eigenvalue weighted by Crippen LogP contribution is -2.74. The zero-order chi connectivity index (χ0) is 18.8. The topological polar surface area (TPSA) is 59.0 Å². The number of benzene rings is 1. The van der Waals surface area contributed by atoms with Gasteiger partial charge in [0.1, 0.15) is 5.78 Å². The van der Waals surface area contributed by atoms with Crippen molar-refractivity contribution in [2.24, 2.45) is 5.92 Å². The van der Waals surface area contributed by atoms with Crippen LogP contribution in [0.15, 0.2) is 12.1 Å². The van der Waals surface area contributed by atoms with Crippen LogP contribution < -0.4 is 4.74 Å². The van der Waals surface area contributed by atoms with E-state index in [0.29, 0.717) is 24.4 Å². The van der Waals surface area contributed by atoms with Crippen molar-refractivity contribution in [3.63, 3.8) is 0 Å². The van der Waals surface area contributed by atoms with Gasteiger partial charge < -0.3 is 14.6 Å². The molecule has 3 fully saturated rings. The number of piperidine rings is 1. The number of nitrogens with zero attached hydrogens (tertiary/aromatic N) is 1. The predicted molar refractivity (Wildman–Crippen MR) is 101 cm³/mol. The maximum absolute atomic E-state index is 12.7. The molecule has 4 aliphatic rings. The van der Waals surface area contributed by atoms with E-state index < -0.39 is 5.41 Å². The van der Waals surface area contributed by atoms with Crippen molar-refractivity contribution in [3.8, 4) is 11.5 Å². The maximum Gasteiger partial charge on any atom is 0.164 e. The summed E-state index contributed by atoms with van der Waals surface area (Å²) in [7, 11) is 3.43.